The van der Waals surface area contributed by atoms with Gasteiger partial charge in [0.25, 0.3) is 0 Å². The van der Waals surface area contributed by atoms with Crippen molar-refractivity contribution in [2.75, 3.05) is 7.11 Å². The van der Waals surface area contributed by atoms with Crippen LogP contribution < -0.4 is 5.73 Å². The lowest BCUT2D eigenvalue weighted by Gasteiger charge is -2.11. The molecule has 0 fully saturated rings. The van der Waals surface area contributed by atoms with Crippen molar-refractivity contribution >= 4 is 5.97 Å². The standard InChI is InChI=1S/C11H16N2O2/c1-7(2)10-9(11(14)15-3)5-4-8(6-12)13-10/h4-5,7H,6,12H2,1-3H3. The zero-order chi connectivity index (χ0) is 11.4. The van der Waals surface area contributed by atoms with Crippen molar-refractivity contribution in [3.63, 3.8) is 0 Å². The minimum absolute atomic E-state index is 0.172. The molecule has 1 aromatic rings. The summed E-state index contributed by atoms with van der Waals surface area (Å²) >= 11 is 0. The Bertz CT molecular complexity index is 362. The van der Waals surface area contributed by atoms with Gasteiger partial charge in [0.1, 0.15) is 0 Å². The van der Waals surface area contributed by atoms with Gasteiger partial charge >= 0.3 is 5.97 Å². The van der Waals surface area contributed by atoms with Crippen molar-refractivity contribution in [2.24, 2.45) is 5.73 Å². The Kier molecular flexibility index (Phi) is 3.80. The van der Waals surface area contributed by atoms with E-state index in [1.54, 1.807) is 12.1 Å². The number of carbonyl (C=O) groups is 1. The van der Waals surface area contributed by atoms with Crippen molar-refractivity contribution in [3.05, 3.63) is 29.1 Å². The average molecular weight is 208 g/mol. The maximum Gasteiger partial charge on any atom is 0.339 e. The van der Waals surface area contributed by atoms with Gasteiger partial charge in [0.05, 0.1) is 24.1 Å². The minimum atomic E-state index is -0.352. The van der Waals surface area contributed by atoms with Gasteiger partial charge in [0, 0.05) is 6.54 Å². The molecule has 0 radical (unpaired) electrons. The number of esters is 1. The molecule has 0 amide bonds. The molecule has 82 valence electrons. The van der Waals surface area contributed by atoms with Crippen LogP contribution in [0, 0.1) is 0 Å². The van der Waals surface area contributed by atoms with Gasteiger partial charge in [0.2, 0.25) is 0 Å². The number of hydrogen-bond donors (Lipinski definition) is 1. The third-order valence-electron chi connectivity index (χ3n) is 2.14. The van der Waals surface area contributed by atoms with Gasteiger partial charge in [0.15, 0.2) is 0 Å². The Morgan fingerprint density at radius 1 is 1.53 bits per heavy atom. The van der Waals surface area contributed by atoms with Gasteiger partial charge in [-0.3, -0.25) is 4.98 Å². The van der Waals surface area contributed by atoms with Crippen LogP contribution in [0.15, 0.2) is 12.1 Å². The van der Waals surface area contributed by atoms with Crippen LogP contribution >= 0.6 is 0 Å². The smallest absolute Gasteiger partial charge is 0.339 e. The number of rotatable bonds is 3. The molecule has 0 atom stereocenters. The average Bonchev–Trinajstić information content (AvgIpc) is 2.27. The first-order valence-electron chi connectivity index (χ1n) is 4.88. The second-order valence-electron chi connectivity index (χ2n) is 3.59. The van der Waals surface area contributed by atoms with E-state index in [0.29, 0.717) is 12.1 Å². The summed E-state index contributed by atoms with van der Waals surface area (Å²) in [5.74, 6) is -0.180. The number of carbonyl (C=O) groups excluding carboxylic acids is 1. The Morgan fingerprint density at radius 2 is 2.20 bits per heavy atom. The summed E-state index contributed by atoms with van der Waals surface area (Å²) in [6, 6.07) is 3.47. The van der Waals surface area contributed by atoms with Gasteiger partial charge in [-0.25, -0.2) is 4.79 Å². The number of nitrogens with two attached hydrogens (primary N) is 1. The molecule has 15 heavy (non-hydrogen) atoms. The van der Waals surface area contributed by atoms with Crippen LogP contribution in [-0.4, -0.2) is 18.1 Å². The summed E-state index contributed by atoms with van der Waals surface area (Å²) in [7, 11) is 1.36. The van der Waals surface area contributed by atoms with E-state index in [1.807, 2.05) is 13.8 Å². The van der Waals surface area contributed by atoms with Crippen LogP contribution in [-0.2, 0) is 11.3 Å². The summed E-state index contributed by atoms with van der Waals surface area (Å²) in [6.45, 7) is 4.34. The summed E-state index contributed by atoms with van der Waals surface area (Å²) in [5.41, 5.74) is 7.54. The van der Waals surface area contributed by atoms with Crippen molar-refractivity contribution in [1.82, 2.24) is 4.98 Å². The summed E-state index contributed by atoms with van der Waals surface area (Å²) in [6.07, 6.45) is 0. The molecule has 1 aromatic heterocycles. The zero-order valence-electron chi connectivity index (χ0n) is 9.28. The minimum Gasteiger partial charge on any atom is -0.465 e. The second kappa shape index (κ2) is 4.89. The highest BCUT2D eigenvalue weighted by Crippen LogP contribution is 2.18. The van der Waals surface area contributed by atoms with Gasteiger partial charge in [-0.2, -0.15) is 0 Å². The van der Waals surface area contributed by atoms with Crippen LogP contribution in [0.5, 0.6) is 0 Å². The van der Waals surface area contributed by atoms with E-state index in [-0.39, 0.29) is 11.9 Å². The molecule has 0 saturated carbocycles. The van der Waals surface area contributed by atoms with E-state index in [2.05, 4.69) is 4.98 Å². The van der Waals surface area contributed by atoms with E-state index < -0.39 is 0 Å². The number of pyridine rings is 1. The number of methoxy groups -OCH3 is 1. The topological polar surface area (TPSA) is 65.2 Å². The van der Waals surface area contributed by atoms with Crippen molar-refractivity contribution in [1.29, 1.82) is 0 Å². The van der Waals surface area contributed by atoms with Gasteiger partial charge in [-0.15, -0.1) is 0 Å². The highest BCUT2D eigenvalue weighted by Gasteiger charge is 2.15. The molecule has 0 aromatic carbocycles. The monoisotopic (exact) mass is 208 g/mol. The number of ether oxygens (including phenoxy) is 1. The van der Waals surface area contributed by atoms with Gasteiger partial charge < -0.3 is 10.5 Å². The Morgan fingerprint density at radius 3 is 2.67 bits per heavy atom. The van der Waals surface area contributed by atoms with Crippen LogP contribution in [0.2, 0.25) is 0 Å². The molecule has 0 aliphatic rings. The Balaban J connectivity index is 3.21. The fraction of sp³-hybridized carbons (Fsp3) is 0.455. The van der Waals surface area contributed by atoms with Crippen LogP contribution in [0.4, 0.5) is 0 Å². The molecule has 0 aliphatic carbocycles. The lowest BCUT2D eigenvalue weighted by Crippen LogP contribution is -2.11. The number of aromatic nitrogens is 1. The molecule has 4 heteroatoms. The van der Waals surface area contributed by atoms with Crippen LogP contribution in [0.1, 0.15) is 41.5 Å². The van der Waals surface area contributed by atoms with E-state index in [0.717, 1.165) is 11.4 Å². The second-order valence-corrected chi connectivity index (χ2v) is 3.59. The lowest BCUT2D eigenvalue weighted by molar-refractivity contribution is 0.0598. The molecule has 1 heterocycles. The van der Waals surface area contributed by atoms with Gasteiger partial charge in [-0.1, -0.05) is 13.8 Å². The molecular formula is C11H16N2O2. The fourth-order valence-corrected chi connectivity index (χ4v) is 1.35. The van der Waals surface area contributed by atoms with Crippen molar-refractivity contribution in [3.8, 4) is 0 Å². The van der Waals surface area contributed by atoms with E-state index in [1.165, 1.54) is 7.11 Å². The third-order valence-corrected chi connectivity index (χ3v) is 2.14. The SMILES string of the molecule is COC(=O)c1ccc(CN)nc1C(C)C. The quantitative estimate of drug-likeness (QED) is 0.763. The van der Waals surface area contributed by atoms with Gasteiger partial charge in [-0.05, 0) is 18.1 Å². The molecule has 0 bridgehead atoms. The van der Waals surface area contributed by atoms with Crippen LogP contribution in [0.3, 0.4) is 0 Å². The largest absolute Gasteiger partial charge is 0.465 e. The fourth-order valence-electron chi connectivity index (χ4n) is 1.35. The highest BCUT2D eigenvalue weighted by molar-refractivity contribution is 5.90. The molecule has 0 saturated heterocycles. The van der Waals surface area contributed by atoms with Crippen LogP contribution in [0.25, 0.3) is 0 Å². The maximum atomic E-state index is 11.4. The van der Waals surface area contributed by atoms with E-state index in [9.17, 15) is 4.79 Å². The first-order chi connectivity index (χ1) is 7.10. The van der Waals surface area contributed by atoms with Crippen molar-refractivity contribution in [2.45, 2.75) is 26.3 Å². The molecular weight excluding hydrogens is 192 g/mol. The highest BCUT2D eigenvalue weighted by atomic mass is 16.5. The first-order valence-corrected chi connectivity index (χ1v) is 4.88. The van der Waals surface area contributed by atoms with Crippen molar-refractivity contribution < 1.29 is 9.53 Å². The van der Waals surface area contributed by atoms with E-state index >= 15 is 0 Å². The lowest BCUT2D eigenvalue weighted by atomic mass is 10.0. The molecule has 0 spiro atoms. The normalized spacial score (nSPS) is 10.5. The summed E-state index contributed by atoms with van der Waals surface area (Å²) in [4.78, 5) is 15.8. The molecule has 4 nitrogen and oxygen atoms in total. The predicted octanol–water partition coefficient (Wildman–Crippen LogP) is 1.45. The Labute approximate surface area is 89.5 Å². The zero-order valence-corrected chi connectivity index (χ0v) is 9.28. The first kappa shape index (κ1) is 11.7. The molecule has 2 N–H and O–H groups in total. The predicted molar refractivity (Wildman–Crippen MR) is 57.6 cm³/mol. The number of hydrogen-bond acceptors (Lipinski definition) is 4. The number of nitrogens with zero attached hydrogens (tertiary/aromatic N) is 1. The molecule has 0 unspecified atom stereocenters. The molecule has 1 rings (SSSR count). The summed E-state index contributed by atoms with van der Waals surface area (Å²) < 4.78 is 4.69. The Hall–Kier alpha value is -1.42. The third kappa shape index (κ3) is 2.53. The summed E-state index contributed by atoms with van der Waals surface area (Å²) in [5, 5.41) is 0. The maximum absolute atomic E-state index is 11.4. The molecule has 0 aliphatic heterocycles. The van der Waals surface area contributed by atoms with E-state index in [4.69, 9.17) is 10.5 Å².